The number of amides is 1. The minimum atomic E-state index is 0.111. The minimum Gasteiger partial charge on any atom is -0.354 e. The van der Waals surface area contributed by atoms with Gasteiger partial charge >= 0.3 is 0 Å². The number of pyridine rings is 1. The number of nitrogens with zero attached hydrogens (tertiary/aromatic N) is 3. The molecule has 2 aromatic heterocycles. The number of aromatic nitrogens is 3. The number of hydrogen-bond donors (Lipinski definition) is 1. The maximum absolute atomic E-state index is 11.1. The van der Waals surface area contributed by atoms with Crippen molar-refractivity contribution in [3.63, 3.8) is 0 Å². The lowest BCUT2D eigenvalue weighted by atomic mass is 10.1. The first kappa shape index (κ1) is 11.5. The van der Waals surface area contributed by atoms with Crippen molar-refractivity contribution in [3.05, 3.63) is 23.0 Å². The Hall–Kier alpha value is -1.62. The molecule has 0 saturated carbocycles. The van der Waals surface area contributed by atoms with Gasteiger partial charge in [0, 0.05) is 24.5 Å². The first-order valence-corrected chi connectivity index (χ1v) is 6.30. The summed E-state index contributed by atoms with van der Waals surface area (Å²) in [4.78, 5) is 15.4. The third-order valence-corrected chi connectivity index (χ3v) is 3.49. The van der Waals surface area contributed by atoms with Gasteiger partial charge in [-0.2, -0.15) is 5.10 Å². The Kier molecular flexibility index (Phi) is 2.70. The van der Waals surface area contributed by atoms with Crippen molar-refractivity contribution in [2.45, 2.75) is 25.8 Å². The zero-order chi connectivity index (χ0) is 12.7. The number of aryl methyl sites for hydroxylation is 1. The molecular weight excluding hydrogens is 252 g/mol. The number of rotatable bonds is 1. The van der Waals surface area contributed by atoms with Crippen molar-refractivity contribution in [3.8, 4) is 0 Å². The van der Waals surface area contributed by atoms with Crippen LogP contribution in [0.25, 0.3) is 11.0 Å². The van der Waals surface area contributed by atoms with Crippen molar-refractivity contribution in [2.24, 2.45) is 0 Å². The van der Waals surface area contributed by atoms with Crippen LogP contribution in [0.4, 0.5) is 0 Å². The molecule has 1 aliphatic heterocycles. The van der Waals surface area contributed by atoms with Crippen LogP contribution in [0, 0.1) is 6.92 Å². The Labute approximate surface area is 109 Å². The van der Waals surface area contributed by atoms with E-state index in [-0.39, 0.29) is 11.9 Å². The van der Waals surface area contributed by atoms with Gasteiger partial charge in [-0.15, -0.1) is 0 Å². The standard InChI is InChI=1S/C12H13ClN4O/c1-7-4-10(13)15-12-9(7)6-17(16-12)8-2-3-11(18)14-5-8/h4,6,8H,2-3,5H2,1H3,(H,14,18). The van der Waals surface area contributed by atoms with Gasteiger partial charge in [0.25, 0.3) is 0 Å². The van der Waals surface area contributed by atoms with Gasteiger partial charge in [-0.1, -0.05) is 11.6 Å². The molecule has 0 bridgehead atoms. The number of piperidine rings is 1. The maximum atomic E-state index is 11.1. The topological polar surface area (TPSA) is 59.8 Å². The molecule has 1 N–H and O–H groups in total. The second-order valence-electron chi connectivity index (χ2n) is 4.60. The van der Waals surface area contributed by atoms with Gasteiger partial charge in [0.2, 0.25) is 5.91 Å². The minimum absolute atomic E-state index is 0.111. The Morgan fingerprint density at radius 2 is 2.39 bits per heavy atom. The van der Waals surface area contributed by atoms with Crippen molar-refractivity contribution < 1.29 is 4.79 Å². The molecule has 1 unspecified atom stereocenters. The molecule has 1 amide bonds. The maximum Gasteiger partial charge on any atom is 0.220 e. The molecule has 94 valence electrons. The molecule has 0 aliphatic carbocycles. The van der Waals surface area contributed by atoms with Crippen LogP contribution in [0.15, 0.2) is 12.3 Å². The van der Waals surface area contributed by atoms with E-state index in [4.69, 9.17) is 11.6 Å². The lowest BCUT2D eigenvalue weighted by Crippen LogP contribution is -2.36. The van der Waals surface area contributed by atoms with Gasteiger partial charge in [0.1, 0.15) is 5.15 Å². The normalized spacial score (nSPS) is 20.1. The summed E-state index contributed by atoms with van der Waals surface area (Å²) in [5.41, 5.74) is 1.73. The number of nitrogens with one attached hydrogen (secondary N) is 1. The molecule has 3 rings (SSSR count). The van der Waals surface area contributed by atoms with E-state index < -0.39 is 0 Å². The van der Waals surface area contributed by atoms with E-state index in [0.29, 0.717) is 23.8 Å². The predicted octanol–water partition coefficient (Wildman–Crippen LogP) is 1.84. The fourth-order valence-electron chi connectivity index (χ4n) is 2.27. The van der Waals surface area contributed by atoms with Gasteiger partial charge < -0.3 is 5.32 Å². The third kappa shape index (κ3) is 1.95. The van der Waals surface area contributed by atoms with Crippen LogP contribution in [0.1, 0.15) is 24.4 Å². The van der Waals surface area contributed by atoms with Crippen LogP contribution in [0.3, 0.4) is 0 Å². The zero-order valence-corrected chi connectivity index (χ0v) is 10.7. The highest BCUT2D eigenvalue weighted by molar-refractivity contribution is 6.29. The van der Waals surface area contributed by atoms with Crippen LogP contribution in [-0.4, -0.2) is 27.2 Å². The molecule has 1 saturated heterocycles. The van der Waals surface area contributed by atoms with Gasteiger partial charge in [0.05, 0.1) is 6.04 Å². The first-order valence-electron chi connectivity index (χ1n) is 5.92. The summed E-state index contributed by atoms with van der Waals surface area (Å²) < 4.78 is 1.89. The molecule has 6 heteroatoms. The Balaban J connectivity index is 1.98. The molecular formula is C12H13ClN4O. The average Bonchev–Trinajstić information content (AvgIpc) is 2.74. The van der Waals surface area contributed by atoms with E-state index in [0.717, 1.165) is 17.4 Å². The summed E-state index contributed by atoms with van der Waals surface area (Å²) in [6.45, 7) is 2.62. The van der Waals surface area contributed by atoms with E-state index in [1.807, 2.05) is 23.9 Å². The Bertz CT molecular complexity index is 612. The van der Waals surface area contributed by atoms with E-state index in [1.54, 1.807) is 0 Å². The van der Waals surface area contributed by atoms with Crippen molar-refractivity contribution in [2.75, 3.05) is 6.54 Å². The number of hydrogen-bond acceptors (Lipinski definition) is 3. The van der Waals surface area contributed by atoms with Crippen molar-refractivity contribution in [1.82, 2.24) is 20.1 Å². The lowest BCUT2D eigenvalue weighted by Gasteiger charge is -2.22. The fraction of sp³-hybridized carbons (Fsp3) is 0.417. The van der Waals surface area contributed by atoms with Gasteiger partial charge in [-0.3, -0.25) is 9.48 Å². The van der Waals surface area contributed by atoms with Crippen LogP contribution in [0.2, 0.25) is 5.15 Å². The van der Waals surface area contributed by atoms with E-state index in [1.165, 1.54) is 0 Å². The number of carbonyl (C=O) groups excluding carboxylic acids is 1. The molecule has 0 radical (unpaired) electrons. The number of fused-ring (bicyclic) bond motifs is 1. The fourth-order valence-corrected chi connectivity index (χ4v) is 2.51. The van der Waals surface area contributed by atoms with Crippen molar-refractivity contribution in [1.29, 1.82) is 0 Å². The van der Waals surface area contributed by atoms with Crippen LogP contribution in [-0.2, 0) is 4.79 Å². The van der Waals surface area contributed by atoms with E-state index in [9.17, 15) is 4.79 Å². The smallest absolute Gasteiger partial charge is 0.220 e. The molecule has 0 aromatic carbocycles. The highest BCUT2D eigenvalue weighted by Crippen LogP contribution is 2.23. The van der Waals surface area contributed by atoms with E-state index >= 15 is 0 Å². The summed E-state index contributed by atoms with van der Waals surface area (Å²) in [5.74, 6) is 0.111. The second-order valence-corrected chi connectivity index (χ2v) is 4.99. The highest BCUT2D eigenvalue weighted by Gasteiger charge is 2.21. The zero-order valence-electron chi connectivity index (χ0n) is 9.98. The molecule has 3 heterocycles. The molecule has 1 aliphatic rings. The largest absolute Gasteiger partial charge is 0.354 e. The molecule has 5 nitrogen and oxygen atoms in total. The quantitative estimate of drug-likeness (QED) is 0.800. The summed E-state index contributed by atoms with van der Waals surface area (Å²) in [6, 6.07) is 2.04. The predicted molar refractivity (Wildman–Crippen MR) is 68.6 cm³/mol. The molecule has 1 atom stereocenters. The summed E-state index contributed by atoms with van der Waals surface area (Å²) in [7, 11) is 0. The van der Waals surface area contributed by atoms with Crippen LogP contribution in [0.5, 0.6) is 0 Å². The SMILES string of the molecule is Cc1cc(Cl)nc2nn(C3CCC(=O)NC3)cc12. The van der Waals surface area contributed by atoms with Crippen LogP contribution >= 0.6 is 11.6 Å². The van der Waals surface area contributed by atoms with Gasteiger partial charge in [-0.25, -0.2) is 4.98 Å². The highest BCUT2D eigenvalue weighted by atomic mass is 35.5. The lowest BCUT2D eigenvalue weighted by molar-refractivity contribution is -0.122. The Morgan fingerprint density at radius 1 is 1.56 bits per heavy atom. The summed E-state index contributed by atoms with van der Waals surface area (Å²) >= 11 is 5.92. The molecule has 1 fully saturated rings. The summed E-state index contributed by atoms with van der Waals surface area (Å²) in [6.07, 6.45) is 3.34. The average molecular weight is 265 g/mol. The second kappa shape index (κ2) is 4.24. The molecule has 0 spiro atoms. The third-order valence-electron chi connectivity index (χ3n) is 3.30. The van der Waals surface area contributed by atoms with Crippen LogP contribution < -0.4 is 5.32 Å². The van der Waals surface area contributed by atoms with Crippen molar-refractivity contribution >= 4 is 28.5 Å². The molecule has 2 aromatic rings. The summed E-state index contributed by atoms with van der Waals surface area (Å²) in [5, 5.41) is 8.78. The number of carbonyl (C=O) groups is 1. The number of halogens is 1. The first-order chi connectivity index (χ1) is 8.63. The van der Waals surface area contributed by atoms with Gasteiger partial charge in [-0.05, 0) is 25.0 Å². The van der Waals surface area contributed by atoms with E-state index in [2.05, 4.69) is 15.4 Å². The Morgan fingerprint density at radius 3 is 3.11 bits per heavy atom. The monoisotopic (exact) mass is 264 g/mol. The van der Waals surface area contributed by atoms with Gasteiger partial charge in [0.15, 0.2) is 5.65 Å². The molecule has 18 heavy (non-hydrogen) atoms.